The van der Waals surface area contributed by atoms with Gasteiger partial charge in [-0.3, -0.25) is 9.59 Å². The molecule has 3 N–H and O–H groups in total. The molecule has 0 spiro atoms. The molecule has 0 aliphatic carbocycles. The van der Waals surface area contributed by atoms with Gasteiger partial charge in [-0.05, 0) is 56.2 Å². The molecule has 0 bridgehead atoms. The Morgan fingerprint density at radius 3 is 2.54 bits per heavy atom. The van der Waals surface area contributed by atoms with Crippen LogP contribution in [0.2, 0.25) is 0 Å². The Morgan fingerprint density at radius 1 is 1.27 bits per heavy atom. The van der Waals surface area contributed by atoms with Crippen LogP contribution in [0.1, 0.15) is 77.4 Å². The first-order valence-corrected chi connectivity index (χ1v) is 13.6. The summed E-state index contributed by atoms with van der Waals surface area (Å²) >= 11 is 1.48. The lowest BCUT2D eigenvalue weighted by Crippen LogP contribution is -2.46. The zero-order chi connectivity index (χ0) is 27.9. The number of hydrogen-bond acceptors (Lipinski definition) is 9. The van der Waals surface area contributed by atoms with Gasteiger partial charge in [0.05, 0.1) is 46.9 Å². The van der Waals surface area contributed by atoms with Gasteiger partial charge in [-0.2, -0.15) is 0 Å². The Balaban J connectivity index is 2.43. The molecule has 37 heavy (non-hydrogen) atoms. The Kier molecular flexibility index (Phi) is 11.3. The van der Waals surface area contributed by atoms with E-state index in [9.17, 15) is 24.9 Å². The number of carbonyl (C=O) groups excluding carboxylic acids is 2. The molecule has 0 radical (unpaired) electrons. The number of aromatic nitrogens is 1. The van der Waals surface area contributed by atoms with Crippen LogP contribution in [0, 0.1) is 24.2 Å². The number of aliphatic hydroxyl groups excluding tert-OH is 3. The molecular weight excluding hydrogens is 496 g/mol. The van der Waals surface area contributed by atoms with E-state index in [0.29, 0.717) is 30.5 Å². The van der Waals surface area contributed by atoms with Gasteiger partial charge in [0, 0.05) is 16.2 Å². The molecule has 1 aromatic heterocycles. The van der Waals surface area contributed by atoms with Crippen LogP contribution >= 0.6 is 11.3 Å². The van der Waals surface area contributed by atoms with Crippen molar-refractivity contribution in [2.75, 3.05) is 0 Å². The molecule has 1 aliphatic rings. The number of Topliss-reactive ketones (excluding diaryl/α,β-unsaturated/α-hetero) is 1. The summed E-state index contributed by atoms with van der Waals surface area (Å²) in [5, 5.41) is 39.0. The number of rotatable bonds is 3. The van der Waals surface area contributed by atoms with E-state index in [2.05, 4.69) is 15.0 Å². The highest BCUT2D eigenvalue weighted by molar-refractivity contribution is 7.09. The Labute approximate surface area is 222 Å². The van der Waals surface area contributed by atoms with Crippen molar-refractivity contribution in [3.63, 3.8) is 0 Å². The molecule has 11 heteroatoms. The summed E-state index contributed by atoms with van der Waals surface area (Å²) in [6.45, 7) is 10.2. The van der Waals surface area contributed by atoms with Gasteiger partial charge in [0.25, 0.3) is 0 Å². The van der Waals surface area contributed by atoms with Crippen LogP contribution in [0.25, 0.3) is 16.5 Å². The number of hydrogen-bond donors (Lipinski definition) is 3. The summed E-state index contributed by atoms with van der Waals surface area (Å²) in [5.74, 6) is -2.07. The monoisotopic (exact) mass is 536 g/mol. The van der Waals surface area contributed by atoms with E-state index in [1.165, 1.54) is 11.3 Å². The molecule has 2 heterocycles. The summed E-state index contributed by atoms with van der Waals surface area (Å²) in [6.07, 6.45) is -1.38. The highest BCUT2D eigenvalue weighted by Crippen LogP contribution is 2.33. The molecule has 0 saturated carbocycles. The summed E-state index contributed by atoms with van der Waals surface area (Å²) in [7, 11) is 0. The van der Waals surface area contributed by atoms with Gasteiger partial charge in [-0.1, -0.05) is 39.2 Å². The summed E-state index contributed by atoms with van der Waals surface area (Å²) < 4.78 is 5.73. The fraction of sp³-hybridized carbons (Fsp3) is 0.731. The minimum atomic E-state index is -1.34. The maximum atomic E-state index is 13.2. The van der Waals surface area contributed by atoms with E-state index >= 15 is 0 Å². The number of cyclic esters (lactones) is 1. The second kappa shape index (κ2) is 13.5. The highest BCUT2D eigenvalue weighted by Gasteiger charge is 2.42. The van der Waals surface area contributed by atoms with E-state index < -0.39 is 54.2 Å². The van der Waals surface area contributed by atoms with Gasteiger partial charge < -0.3 is 20.1 Å². The number of nitrogens with zero attached hydrogens (tertiary/aromatic N) is 4. The molecule has 2 rings (SSSR count). The summed E-state index contributed by atoms with van der Waals surface area (Å²) in [5.41, 5.74) is 9.17. The lowest BCUT2D eigenvalue weighted by Gasteiger charge is -2.35. The van der Waals surface area contributed by atoms with Crippen molar-refractivity contribution < 1.29 is 29.6 Å². The van der Waals surface area contributed by atoms with E-state index in [1.807, 2.05) is 19.2 Å². The normalized spacial score (nSPS) is 32.9. The topological polar surface area (TPSA) is 166 Å². The lowest BCUT2D eigenvalue weighted by atomic mass is 9.73. The van der Waals surface area contributed by atoms with Crippen molar-refractivity contribution in [2.24, 2.45) is 22.4 Å². The van der Waals surface area contributed by atoms with Crippen LogP contribution in [0.5, 0.6) is 0 Å². The molecule has 206 valence electrons. The summed E-state index contributed by atoms with van der Waals surface area (Å²) in [6, 6.07) is -0.863. The van der Waals surface area contributed by atoms with Gasteiger partial charge in [0.15, 0.2) is 0 Å². The first kappa shape index (κ1) is 30.9. The Hall–Kier alpha value is -2.30. The third-order valence-corrected chi connectivity index (χ3v) is 8.18. The molecule has 0 aromatic carbocycles. The largest absolute Gasteiger partial charge is 0.458 e. The number of carbonyl (C=O) groups is 2. The molecule has 1 aliphatic heterocycles. The molecule has 1 saturated heterocycles. The third kappa shape index (κ3) is 8.35. The molecule has 10 nitrogen and oxygen atoms in total. The predicted octanol–water partition coefficient (Wildman–Crippen LogP) is 4.36. The van der Waals surface area contributed by atoms with Crippen LogP contribution in [-0.2, 0) is 14.3 Å². The van der Waals surface area contributed by atoms with Crippen molar-refractivity contribution in [1.82, 2.24) is 4.98 Å². The smallest absolute Gasteiger partial charge is 0.309 e. The van der Waals surface area contributed by atoms with Crippen LogP contribution in [0.15, 0.2) is 16.1 Å². The average Bonchev–Trinajstić information content (AvgIpc) is 3.24. The second-order valence-electron chi connectivity index (χ2n) is 10.7. The number of esters is 1. The van der Waals surface area contributed by atoms with Gasteiger partial charge in [-0.15, -0.1) is 11.3 Å². The first-order chi connectivity index (χ1) is 17.3. The molecule has 0 amide bonds. The molecular formula is C26H40N4O6S. The van der Waals surface area contributed by atoms with Crippen molar-refractivity contribution in [3.05, 3.63) is 32.1 Å². The van der Waals surface area contributed by atoms with Crippen LogP contribution in [0.3, 0.4) is 0 Å². The number of azide groups is 1. The van der Waals surface area contributed by atoms with Gasteiger partial charge in [-0.25, -0.2) is 4.98 Å². The van der Waals surface area contributed by atoms with E-state index in [4.69, 9.17) is 10.3 Å². The number of ketones is 1. The zero-order valence-corrected chi connectivity index (χ0v) is 23.3. The van der Waals surface area contributed by atoms with Crippen LogP contribution in [-0.4, -0.2) is 62.5 Å². The second-order valence-corrected chi connectivity index (χ2v) is 11.8. The van der Waals surface area contributed by atoms with E-state index in [1.54, 1.807) is 33.8 Å². The van der Waals surface area contributed by atoms with E-state index in [0.717, 1.165) is 5.01 Å². The van der Waals surface area contributed by atoms with E-state index in [-0.39, 0.29) is 18.1 Å². The fourth-order valence-electron chi connectivity index (χ4n) is 4.70. The first-order valence-electron chi connectivity index (χ1n) is 12.7. The van der Waals surface area contributed by atoms with Gasteiger partial charge >= 0.3 is 5.97 Å². The van der Waals surface area contributed by atoms with Crippen LogP contribution in [0.4, 0.5) is 0 Å². The number of ether oxygens (including phenoxy) is 1. The summed E-state index contributed by atoms with van der Waals surface area (Å²) in [4.78, 5) is 33.5. The minimum absolute atomic E-state index is 0.0377. The highest BCUT2D eigenvalue weighted by atomic mass is 32.1. The van der Waals surface area contributed by atoms with Crippen molar-refractivity contribution in [2.45, 2.75) is 104 Å². The molecule has 7 atom stereocenters. The zero-order valence-electron chi connectivity index (χ0n) is 22.5. The fourth-order valence-corrected chi connectivity index (χ4v) is 5.27. The van der Waals surface area contributed by atoms with Gasteiger partial charge in [0.2, 0.25) is 0 Å². The standard InChI is InChI=1S/C26H40N4O6S/c1-14-8-7-9-20(31)19(29-30-27)11-21(15(2)10-18-13-37-17(4)28-18)36-23(33)12-22(32)26(5,6)25(35)16(3)24(14)34/h10,13-14,16,19-22,24,31-32,34H,7-9,11-12H2,1-6H3/t14?,16-,19+,20+,21?,22+,24+/m1/s1. The molecule has 1 fully saturated rings. The van der Waals surface area contributed by atoms with Crippen molar-refractivity contribution in [3.8, 4) is 0 Å². The predicted molar refractivity (Wildman–Crippen MR) is 142 cm³/mol. The minimum Gasteiger partial charge on any atom is -0.458 e. The quantitative estimate of drug-likeness (QED) is 0.223. The number of thiazole rings is 1. The van der Waals surface area contributed by atoms with Crippen molar-refractivity contribution in [1.29, 1.82) is 0 Å². The SMILES string of the molecule is CC(=Cc1csc(C)n1)C1C[C@H](N=[N+]=[N-])[C@@H](O)CCCC(C)[C@H](O)[C@@H](C)C(=O)C(C)(C)[C@@H](O)CC(=O)O1. The van der Waals surface area contributed by atoms with Crippen molar-refractivity contribution >= 4 is 29.2 Å². The van der Waals surface area contributed by atoms with Crippen LogP contribution < -0.4 is 0 Å². The average molecular weight is 537 g/mol. The Bertz CT molecular complexity index is 1020. The van der Waals surface area contributed by atoms with Gasteiger partial charge in [0.1, 0.15) is 11.9 Å². The lowest BCUT2D eigenvalue weighted by molar-refractivity contribution is -0.154. The molecule has 1 aromatic rings. The maximum Gasteiger partial charge on any atom is 0.309 e. The number of aliphatic hydroxyl groups is 3. The molecule has 2 unspecified atom stereocenters. The third-order valence-electron chi connectivity index (χ3n) is 7.39. The Morgan fingerprint density at radius 2 is 1.95 bits per heavy atom. The maximum absolute atomic E-state index is 13.2. The number of aryl methyl sites for hydroxylation is 1.